The van der Waals surface area contributed by atoms with Crippen molar-refractivity contribution in [3.63, 3.8) is 0 Å². The first-order valence-electron chi connectivity index (χ1n) is 11.7. The second-order valence-corrected chi connectivity index (χ2v) is 8.11. The Morgan fingerprint density at radius 2 is 1.68 bits per heavy atom. The minimum atomic E-state index is 0.0918. The Hall–Kier alpha value is -2.53. The van der Waals surface area contributed by atoms with Crippen molar-refractivity contribution in [3.05, 3.63) is 54.1 Å². The summed E-state index contributed by atoms with van der Waals surface area (Å²) in [5.74, 6) is 0.946. The van der Waals surface area contributed by atoms with E-state index in [1.165, 1.54) is 12.8 Å². The topological polar surface area (TPSA) is 36.0 Å². The molecule has 1 atom stereocenters. The largest absolute Gasteiger partial charge is 0.497 e. The first-order chi connectivity index (χ1) is 15.1. The van der Waals surface area contributed by atoms with E-state index in [-0.39, 0.29) is 12.1 Å². The molecule has 1 fully saturated rings. The Morgan fingerprint density at radius 3 is 2.26 bits per heavy atom. The van der Waals surface area contributed by atoms with Crippen molar-refractivity contribution in [2.24, 2.45) is 0 Å². The van der Waals surface area contributed by atoms with Crippen LogP contribution in [0.2, 0.25) is 0 Å². The van der Waals surface area contributed by atoms with Gasteiger partial charge in [-0.05, 0) is 69.5 Å². The number of hydrogen-bond acceptors (Lipinski definition) is 4. The second kappa shape index (κ2) is 11.2. The van der Waals surface area contributed by atoms with Gasteiger partial charge in [0.1, 0.15) is 5.75 Å². The van der Waals surface area contributed by atoms with Crippen molar-refractivity contribution in [2.45, 2.75) is 52.6 Å². The lowest BCUT2D eigenvalue weighted by Crippen LogP contribution is -2.45. The van der Waals surface area contributed by atoms with Crippen molar-refractivity contribution < 1.29 is 9.53 Å². The molecule has 2 aromatic carbocycles. The zero-order valence-electron chi connectivity index (χ0n) is 19.5. The molecule has 1 unspecified atom stereocenters. The van der Waals surface area contributed by atoms with Gasteiger partial charge >= 0.3 is 0 Å². The zero-order valence-corrected chi connectivity index (χ0v) is 19.5. The molecule has 31 heavy (non-hydrogen) atoms. The maximum Gasteiger partial charge on any atom is 0.253 e. The van der Waals surface area contributed by atoms with Crippen LogP contribution in [0.1, 0.15) is 56.8 Å². The summed E-state index contributed by atoms with van der Waals surface area (Å²) in [6, 6.07) is 16.4. The van der Waals surface area contributed by atoms with Gasteiger partial charge in [-0.1, -0.05) is 19.4 Å². The number of carbonyl (C=O) groups excluding carboxylic acids is 1. The molecular formula is C26H37N3O2. The second-order valence-electron chi connectivity index (χ2n) is 8.11. The highest BCUT2D eigenvalue weighted by Crippen LogP contribution is 2.34. The Morgan fingerprint density at radius 1 is 1.00 bits per heavy atom. The Balaban J connectivity index is 2.00. The number of carbonyl (C=O) groups is 1. The number of likely N-dealkylation sites (tertiary alicyclic amines) is 1. The summed E-state index contributed by atoms with van der Waals surface area (Å²) in [7, 11) is 1.71. The van der Waals surface area contributed by atoms with Crippen LogP contribution in [0.25, 0.3) is 0 Å². The van der Waals surface area contributed by atoms with Gasteiger partial charge in [-0.3, -0.25) is 9.69 Å². The van der Waals surface area contributed by atoms with E-state index >= 15 is 0 Å². The van der Waals surface area contributed by atoms with Gasteiger partial charge < -0.3 is 14.5 Å². The lowest BCUT2D eigenvalue weighted by molar-refractivity contribution is 0.0773. The monoisotopic (exact) mass is 423 g/mol. The lowest BCUT2D eigenvalue weighted by Gasteiger charge is -2.39. The van der Waals surface area contributed by atoms with E-state index in [9.17, 15) is 4.79 Å². The highest BCUT2D eigenvalue weighted by molar-refractivity contribution is 5.94. The van der Waals surface area contributed by atoms with Crippen LogP contribution in [0.5, 0.6) is 5.75 Å². The fourth-order valence-electron chi connectivity index (χ4n) is 4.48. The van der Waals surface area contributed by atoms with E-state index in [1.54, 1.807) is 7.11 Å². The molecule has 0 radical (unpaired) electrons. The molecule has 3 rings (SSSR count). The van der Waals surface area contributed by atoms with Crippen LogP contribution in [-0.2, 0) is 0 Å². The molecule has 0 aliphatic carbocycles. The maximum absolute atomic E-state index is 12.8. The number of rotatable bonds is 10. The van der Waals surface area contributed by atoms with Crippen molar-refractivity contribution in [1.29, 1.82) is 0 Å². The third-order valence-electron chi connectivity index (χ3n) is 6.18. The van der Waals surface area contributed by atoms with E-state index in [0.717, 1.165) is 61.7 Å². The molecule has 1 aliphatic heterocycles. The van der Waals surface area contributed by atoms with E-state index in [2.05, 4.69) is 41.0 Å². The predicted molar refractivity (Wildman–Crippen MR) is 128 cm³/mol. The quantitative estimate of drug-likeness (QED) is 0.503. The Kier molecular flexibility index (Phi) is 8.35. The summed E-state index contributed by atoms with van der Waals surface area (Å²) in [4.78, 5) is 19.6. The van der Waals surface area contributed by atoms with Crippen LogP contribution < -0.4 is 9.64 Å². The molecule has 0 spiro atoms. The zero-order chi connectivity index (χ0) is 22.2. The molecule has 1 amide bonds. The van der Waals surface area contributed by atoms with Gasteiger partial charge in [-0.2, -0.15) is 0 Å². The summed E-state index contributed by atoms with van der Waals surface area (Å²) < 4.78 is 5.52. The number of ether oxygens (including phenoxy) is 1. The first kappa shape index (κ1) is 23.1. The Bertz CT molecular complexity index is 827. The third-order valence-corrected chi connectivity index (χ3v) is 6.18. The highest BCUT2D eigenvalue weighted by Gasteiger charge is 2.28. The number of methoxy groups -OCH3 is 1. The van der Waals surface area contributed by atoms with Crippen LogP contribution >= 0.6 is 0 Å². The van der Waals surface area contributed by atoms with E-state index in [0.29, 0.717) is 0 Å². The standard InChI is InChI=1S/C26H37N3O2/c1-5-11-25(28-18-8-9-19-28)29(23-12-10-13-24(20-23)31-4)22-16-14-21(15-17-22)26(30)27(6-2)7-3/h10,12-17,20,25H,5-9,11,18-19H2,1-4H3. The SMILES string of the molecule is CCCC(N1CCCC1)N(c1ccc(C(=O)N(CC)CC)cc1)c1cccc(OC)c1. The molecule has 168 valence electrons. The number of anilines is 2. The van der Waals surface area contributed by atoms with Gasteiger partial charge in [0.25, 0.3) is 5.91 Å². The summed E-state index contributed by atoms with van der Waals surface area (Å²) in [6.07, 6.45) is 4.98. The van der Waals surface area contributed by atoms with Crippen molar-refractivity contribution in [2.75, 3.05) is 38.2 Å². The van der Waals surface area contributed by atoms with E-state index < -0.39 is 0 Å². The molecule has 5 heteroatoms. The lowest BCUT2D eigenvalue weighted by atomic mass is 10.1. The average molecular weight is 424 g/mol. The van der Waals surface area contributed by atoms with Crippen LogP contribution in [0.4, 0.5) is 11.4 Å². The fourth-order valence-corrected chi connectivity index (χ4v) is 4.48. The van der Waals surface area contributed by atoms with Gasteiger partial charge in [0, 0.05) is 49.2 Å². The van der Waals surface area contributed by atoms with Gasteiger partial charge in [-0.15, -0.1) is 0 Å². The summed E-state index contributed by atoms with van der Waals surface area (Å²) in [6.45, 7) is 9.99. The molecule has 1 heterocycles. The molecule has 0 bridgehead atoms. The normalized spacial score (nSPS) is 15.0. The number of hydrogen-bond donors (Lipinski definition) is 0. The molecule has 1 saturated heterocycles. The summed E-state index contributed by atoms with van der Waals surface area (Å²) in [5, 5.41) is 0. The van der Waals surface area contributed by atoms with Gasteiger partial charge in [0.15, 0.2) is 0 Å². The van der Waals surface area contributed by atoms with Crippen LogP contribution in [0, 0.1) is 0 Å². The predicted octanol–water partition coefficient (Wildman–Crippen LogP) is 5.54. The molecule has 5 nitrogen and oxygen atoms in total. The van der Waals surface area contributed by atoms with Crippen LogP contribution in [0.3, 0.4) is 0 Å². The molecule has 0 N–H and O–H groups in total. The smallest absolute Gasteiger partial charge is 0.253 e. The van der Waals surface area contributed by atoms with Gasteiger partial charge in [0.05, 0.1) is 13.3 Å². The molecule has 2 aromatic rings. The van der Waals surface area contributed by atoms with Crippen molar-refractivity contribution in [3.8, 4) is 5.75 Å². The van der Waals surface area contributed by atoms with Crippen LogP contribution in [0.15, 0.2) is 48.5 Å². The molecule has 0 aromatic heterocycles. The number of benzene rings is 2. The molecule has 0 saturated carbocycles. The molecular weight excluding hydrogens is 386 g/mol. The number of nitrogens with zero attached hydrogens (tertiary/aromatic N) is 3. The van der Waals surface area contributed by atoms with Crippen molar-refractivity contribution in [1.82, 2.24) is 9.80 Å². The average Bonchev–Trinajstić information content (AvgIpc) is 3.35. The van der Waals surface area contributed by atoms with Gasteiger partial charge in [0.2, 0.25) is 0 Å². The molecule has 1 aliphatic rings. The Labute approximate surface area is 187 Å². The highest BCUT2D eigenvalue weighted by atomic mass is 16.5. The van der Waals surface area contributed by atoms with E-state index in [1.807, 2.05) is 43.0 Å². The van der Waals surface area contributed by atoms with Gasteiger partial charge in [-0.25, -0.2) is 0 Å². The van der Waals surface area contributed by atoms with E-state index in [4.69, 9.17) is 4.74 Å². The fraction of sp³-hybridized carbons (Fsp3) is 0.500. The third kappa shape index (κ3) is 5.40. The summed E-state index contributed by atoms with van der Waals surface area (Å²) >= 11 is 0. The van der Waals surface area contributed by atoms with Crippen molar-refractivity contribution >= 4 is 17.3 Å². The van der Waals surface area contributed by atoms with Crippen LogP contribution in [-0.4, -0.2) is 55.2 Å². The summed E-state index contributed by atoms with van der Waals surface area (Å²) in [5.41, 5.74) is 2.97. The minimum absolute atomic E-state index is 0.0918. The first-order valence-corrected chi connectivity index (χ1v) is 11.7. The minimum Gasteiger partial charge on any atom is -0.497 e. The number of amides is 1. The maximum atomic E-state index is 12.8.